The lowest BCUT2D eigenvalue weighted by Gasteiger charge is -2.05. The Kier molecular flexibility index (Phi) is 3.47. The molecule has 3 aromatic rings. The Labute approximate surface area is 120 Å². The minimum atomic E-state index is -0.491. The highest BCUT2D eigenvalue weighted by atomic mass is 16.5. The third-order valence-corrected chi connectivity index (χ3v) is 3.18. The summed E-state index contributed by atoms with van der Waals surface area (Å²) in [5, 5.41) is 2.94. The summed E-state index contributed by atoms with van der Waals surface area (Å²) in [6.07, 6.45) is 1.70. The maximum atomic E-state index is 12.2. The molecule has 2 aromatic heterocycles. The van der Waals surface area contributed by atoms with E-state index in [4.69, 9.17) is 4.74 Å². The van der Waals surface area contributed by atoms with Crippen molar-refractivity contribution in [3.63, 3.8) is 0 Å². The number of carbonyl (C=O) groups excluding carboxylic acids is 1. The number of nitroso groups, excluding NO2 is 1. The van der Waals surface area contributed by atoms with Crippen molar-refractivity contribution in [2.24, 2.45) is 5.18 Å². The Morgan fingerprint density at radius 1 is 1.10 bits per heavy atom. The average Bonchev–Trinajstić information content (AvgIpc) is 2.92. The summed E-state index contributed by atoms with van der Waals surface area (Å²) in [5.41, 5.74) is 2.00. The van der Waals surface area contributed by atoms with Crippen LogP contribution in [0.5, 0.6) is 0 Å². The second kappa shape index (κ2) is 5.58. The van der Waals surface area contributed by atoms with Gasteiger partial charge in [0.05, 0.1) is 5.52 Å². The van der Waals surface area contributed by atoms with Crippen molar-refractivity contribution < 1.29 is 9.53 Å². The monoisotopic (exact) mass is 280 g/mol. The number of fused-ring (bicyclic) bond motifs is 1. The molecular formula is C16H12N2O3. The number of hydrogen-bond donors (Lipinski definition) is 0. The maximum Gasteiger partial charge on any atom is 0.355 e. The van der Waals surface area contributed by atoms with E-state index in [9.17, 15) is 9.70 Å². The fourth-order valence-electron chi connectivity index (χ4n) is 2.16. The molecule has 0 spiro atoms. The van der Waals surface area contributed by atoms with Crippen molar-refractivity contribution in [3.05, 3.63) is 77.0 Å². The van der Waals surface area contributed by atoms with Crippen molar-refractivity contribution in [1.82, 2.24) is 4.40 Å². The third-order valence-electron chi connectivity index (χ3n) is 3.18. The van der Waals surface area contributed by atoms with Gasteiger partial charge in [-0.05, 0) is 22.9 Å². The van der Waals surface area contributed by atoms with Crippen LogP contribution < -0.4 is 0 Å². The summed E-state index contributed by atoms with van der Waals surface area (Å²) in [6, 6.07) is 16.1. The quantitative estimate of drug-likeness (QED) is 0.541. The number of nitrogens with zero attached hydrogens (tertiary/aromatic N) is 2. The van der Waals surface area contributed by atoms with E-state index in [1.54, 1.807) is 28.8 Å². The van der Waals surface area contributed by atoms with E-state index in [0.717, 1.165) is 5.56 Å². The number of pyridine rings is 1. The molecule has 0 unspecified atom stereocenters. The molecular weight excluding hydrogens is 268 g/mol. The highest BCUT2D eigenvalue weighted by Gasteiger charge is 2.16. The molecule has 1 aromatic carbocycles. The second-order valence-electron chi connectivity index (χ2n) is 4.52. The number of aromatic nitrogens is 1. The fraction of sp³-hybridized carbons (Fsp3) is 0.0625. The van der Waals surface area contributed by atoms with Crippen molar-refractivity contribution in [2.45, 2.75) is 6.61 Å². The molecule has 3 rings (SSSR count). The summed E-state index contributed by atoms with van der Waals surface area (Å²) in [4.78, 5) is 23.0. The van der Waals surface area contributed by atoms with E-state index in [1.165, 1.54) is 6.07 Å². The molecule has 2 heterocycles. The zero-order valence-corrected chi connectivity index (χ0v) is 11.1. The summed E-state index contributed by atoms with van der Waals surface area (Å²) in [5.74, 6) is -0.491. The molecule has 0 radical (unpaired) electrons. The van der Waals surface area contributed by atoms with Crippen LogP contribution in [0.4, 0.5) is 5.69 Å². The summed E-state index contributed by atoms with van der Waals surface area (Å²) >= 11 is 0. The number of benzene rings is 1. The smallest absolute Gasteiger partial charge is 0.355 e. The molecule has 21 heavy (non-hydrogen) atoms. The Bertz CT molecular complexity index is 794. The molecule has 104 valence electrons. The van der Waals surface area contributed by atoms with Crippen LogP contribution >= 0.6 is 0 Å². The molecule has 5 heteroatoms. The van der Waals surface area contributed by atoms with Crippen LogP contribution in [0.15, 0.2) is 66.0 Å². The van der Waals surface area contributed by atoms with Crippen LogP contribution in [0.25, 0.3) is 5.52 Å². The maximum absolute atomic E-state index is 12.2. The lowest BCUT2D eigenvalue weighted by atomic mass is 10.2. The average molecular weight is 280 g/mol. The van der Waals surface area contributed by atoms with Gasteiger partial charge in [-0.1, -0.05) is 36.4 Å². The van der Waals surface area contributed by atoms with E-state index in [-0.39, 0.29) is 18.0 Å². The lowest BCUT2D eigenvalue weighted by Crippen LogP contribution is -2.08. The third kappa shape index (κ3) is 2.53. The molecule has 0 amide bonds. The van der Waals surface area contributed by atoms with Gasteiger partial charge in [0, 0.05) is 12.3 Å². The van der Waals surface area contributed by atoms with Gasteiger partial charge in [0.1, 0.15) is 18.0 Å². The Balaban J connectivity index is 1.86. The minimum absolute atomic E-state index is 0.184. The van der Waals surface area contributed by atoms with Crippen LogP contribution in [-0.4, -0.2) is 10.4 Å². The number of hydrogen-bond acceptors (Lipinski definition) is 4. The molecule has 0 saturated heterocycles. The first-order valence-corrected chi connectivity index (χ1v) is 6.44. The van der Waals surface area contributed by atoms with Gasteiger partial charge in [0.15, 0.2) is 0 Å². The van der Waals surface area contributed by atoms with Gasteiger partial charge < -0.3 is 9.14 Å². The van der Waals surface area contributed by atoms with Gasteiger partial charge in [-0.2, -0.15) is 0 Å². The van der Waals surface area contributed by atoms with E-state index in [1.807, 2.05) is 30.3 Å². The zero-order chi connectivity index (χ0) is 14.7. The first-order valence-electron chi connectivity index (χ1n) is 6.44. The molecule has 0 bridgehead atoms. The predicted octanol–water partition coefficient (Wildman–Crippen LogP) is 3.69. The van der Waals surface area contributed by atoms with Gasteiger partial charge in [0.2, 0.25) is 0 Å². The van der Waals surface area contributed by atoms with Crippen LogP contribution in [0.1, 0.15) is 16.1 Å². The standard InChI is InChI=1S/C16H12N2O3/c19-16(21-11-12-6-2-1-3-7-12)15-10-13(17-20)14-8-4-5-9-18(14)15/h1-10H,11H2. The molecule has 0 aliphatic rings. The summed E-state index contributed by atoms with van der Waals surface area (Å²) < 4.78 is 6.88. The number of rotatable bonds is 4. The van der Waals surface area contributed by atoms with Gasteiger partial charge in [-0.25, -0.2) is 4.79 Å². The molecule has 5 nitrogen and oxygen atoms in total. The van der Waals surface area contributed by atoms with Crippen molar-refractivity contribution in [2.75, 3.05) is 0 Å². The van der Waals surface area contributed by atoms with Crippen molar-refractivity contribution in [1.29, 1.82) is 0 Å². The summed E-state index contributed by atoms with van der Waals surface area (Å²) in [6.45, 7) is 0.184. The van der Waals surface area contributed by atoms with E-state index in [0.29, 0.717) is 5.52 Å². The summed E-state index contributed by atoms with van der Waals surface area (Å²) in [7, 11) is 0. The van der Waals surface area contributed by atoms with E-state index < -0.39 is 5.97 Å². The topological polar surface area (TPSA) is 60.1 Å². The number of carbonyl (C=O) groups is 1. The van der Waals surface area contributed by atoms with Crippen LogP contribution in [0.2, 0.25) is 0 Å². The Hall–Kier alpha value is -2.95. The van der Waals surface area contributed by atoms with E-state index >= 15 is 0 Å². The van der Waals surface area contributed by atoms with Crippen LogP contribution in [0.3, 0.4) is 0 Å². The Morgan fingerprint density at radius 3 is 2.62 bits per heavy atom. The largest absolute Gasteiger partial charge is 0.456 e. The number of esters is 1. The molecule has 0 fully saturated rings. The van der Waals surface area contributed by atoms with Crippen LogP contribution in [-0.2, 0) is 11.3 Å². The fourth-order valence-corrected chi connectivity index (χ4v) is 2.16. The van der Waals surface area contributed by atoms with Crippen molar-refractivity contribution in [3.8, 4) is 0 Å². The van der Waals surface area contributed by atoms with Crippen LogP contribution in [0, 0.1) is 4.91 Å². The lowest BCUT2D eigenvalue weighted by molar-refractivity contribution is 0.0464. The zero-order valence-electron chi connectivity index (χ0n) is 11.1. The first-order chi connectivity index (χ1) is 10.3. The van der Waals surface area contributed by atoms with Gasteiger partial charge in [-0.3, -0.25) is 0 Å². The number of ether oxygens (including phenoxy) is 1. The van der Waals surface area contributed by atoms with Gasteiger partial charge >= 0.3 is 5.97 Å². The SMILES string of the molecule is O=Nc1cc(C(=O)OCc2ccccc2)n2ccccc12. The predicted molar refractivity (Wildman–Crippen MR) is 78.4 cm³/mol. The van der Waals surface area contributed by atoms with E-state index in [2.05, 4.69) is 5.18 Å². The minimum Gasteiger partial charge on any atom is -0.456 e. The normalized spacial score (nSPS) is 10.5. The van der Waals surface area contributed by atoms with Gasteiger partial charge in [-0.15, -0.1) is 4.91 Å². The molecule has 0 saturated carbocycles. The molecule has 0 atom stereocenters. The molecule has 0 aliphatic carbocycles. The highest BCUT2D eigenvalue weighted by Crippen LogP contribution is 2.25. The Morgan fingerprint density at radius 2 is 1.86 bits per heavy atom. The molecule has 0 aliphatic heterocycles. The van der Waals surface area contributed by atoms with Gasteiger partial charge in [0.25, 0.3) is 0 Å². The van der Waals surface area contributed by atoms with Crippen molar-refractivity contribution >= 4 is 17.2 Å². The first kappa shape index (κ1) is 13.1. The molecule has 0 N–H and O–H groups in total. The second-order valence-corrected chi connectivity index (χ2v) is 4.52. The highest BCUT2D eigenvalue weighted by molar-refractivity contribution is 5.92.